The molecule has 1 aromatic carbocycles. The van der Waals surface area contributed by atoms with E-state index in [9.17, 15) is 4.79 Å². The number of carbonyl (C=O) groups excluding carboxylic acids is 1. The zero-order valence-corrected chi connectivity index (χ0v) is 12.0. The van der Waals surface area contributed by atoms with E-state index in [-0.39, 0.29) is 5.91 Å². The molecule has 1 amide bonds. The van der Waals surface area contributed by atoms with Crippen LogP contribution >= 0.6 is 11.5 Å². The van der Waals surface area contributed by atoms with Crippen molar-refractivity contribution in [3.05, 3.63) is 41.4 Å². The number of aromatic nitrogens is 1. The molecule has 3 rings (SSSR count). The van der Waals surface area contributed by atoms with E-state index in [1.165, 1.54) is 36.5 Å². The monoisotopic (exact) mass is 287 g/mol. The average Bonchev–Trinajstić information content (AvgIpc) is 3.03. The van der Waals surface area contributed by atoms with E-state index in [2.05, 4.69) is 26.7 Å². The van der Waals surface area contributed by atoms with Crippen molar-refractivity contribution in [2.75, 3.05) is 23.3 Å². The first kappa shape index (κ1) is 13.1. The van der Waals surface area contributed by atoms with Gasteiger partial charge in [0.05, 0.1) is 0 Å². The number of hydrogen-bond acceptors (Lipinski definition) is 4. The van der Waals surface area contributed by atoms with Crippen LogP contribution < -0.4 is 10.2 Å². The number of anilines is 2. The molecule has 0 radical (unpaired) electrons. The number of benzene rings is 1. The van der Waals surface area contributed by atoms with E-state index >= 15 is 0 Å². The first-order valence-electron chi connectivity index (χ1n) is 6.90. The first-order chi connectivity index (χ1) is 9.83. The van der Waals surface area contributed by atoms with E-state index in [1.54, 1.807) is 12.3 Å². The Hall–Kier alpha value is -1.88. The fraction of sp³-hybridized carbons (Fsp3) is 0.333. The Morgan fingerprint density at radius 2 is 1.85 bits per heavy atom. The molecule has 0 aliphatic carbocycles. The van der Waals surface area contributed by atoms with E-state index < -0.39 is 0 Å². The number of rotatable bonds is 3. The second-order valence-corrected chi connectivity index (χ2v) is 5.76. The third-order valence-electron chi connectivity index (χ3n) is 3.51. The molecular formula is C15H17N3OS. The van der Waals surface area contributed by atoms with Crippen molar-refractivity contribution in [1.82, 2.24) is 4.37 Å². The summed E-state index contributed by atoms with van der Waals surface area (Å²) in [5.74, 6) is -0.0989. The molecule has 4 nitrogen and oxygen atoms in total. The van der Waals surface area contributed by atoms with Crippen LogP contribution in [0.15, 0.2) is 36.5 Å². The van der Waals surface area contributed by atoms with Crippen LogP contribution in [0.3, 0.4) is 0 Å². The van der Waals surface area contributed by atoms with Gasteiger partial charge in [-0.05, 0) is 61.1 Å². The van der Waals surface area contributed by atoms with Gasteiger partial charge in [-0.1, -0.05) is 0 Å². The summed E-state index contributed by atoms with van der Waals surface area (Å²) < 4.78 is 3.93. The topological polar surface area (TPSA) is 45.2 Å². The molecule has 1 aromatic heterocycles. The summed E-state index contributed by atoms with van der Waals surface area (Å²) >= 11 is 1.21. The van der Waals surface area contributed by atoms with Gasteiger partial charge in [0.2, 0.25) is 0 Å². The summed E-state index contributed by atoms with van der Waals surface area (Å²) in [7, 11) is 0. The van der Waals surface area contributed by atoms with Crippen molar-refractivity contribution >= 4 is 28.8 Å². The highest BCUT2D eigenvalue weighted by Crippen LogP contribution is 2.22. The molecule has 2 aromatic rings. The van der Waals surface area contributed by atoms with Gasteiger partial charge in [0.1, 0.15) is 4.88 Å². The van der Waals surface area contributed by atoms with Gasteiger partial charge in [-0.25, -0.2) is 4.37 Å². The van der Waals surface area contributed by atoms with Crippen molar-refractivity contribution < 1.29 is 4.79 Å². The molecule has 2 heterocycles. The molecule has 0 unspecified atom stereocenters. The number of hydrogen-bond donors (Lipinski definition) is 1. The second kappa shape index (κ2) is 6.05. The normalized spacial score (nSPS) is 15.1. The highest BCUT2D eigenvalue weighted by molar-refractivity contribution is 7.08. The predicted octanol–water partition coefficient (Wildman–Crippen LogP) is 3.39. The molecule has 0 saturated carbocycles. The molecule has 1 aliphatic rings. The number of amides is 1. The van der Waals surface area contributed by atoms with Crippen molar-refractivity contribution in [3.63, 3.8) is 0 Å². The molecule has 1 aliphatic heterocycles. The Kier molecular flexibility index (Phi) is 3.97. The Morgan fingerprint density at radius 3 is 2.50 bits per heavy atom. The Labute approximate surface area is 122 Å². The second-order valence-electron chi connectivity index (χ2n) is 4.93. The molecule has 20 heavy (non-hydrogen) atoms. The summed E-state index contributed by atoms with van der Waals surface area (Å²) in [4.78, 5) is 14.9. The van der Waals surface area contributed by atoms with Crippen molar-refractivity contribution in [3.8, 4) is 0 Å². The SMILES string of the molecule is O=C(Nc1ccc(N2CCCCC2)cc1)c1ccns1. The fourth-order valence-electron chi connectivity index (χ4n) is 2.43. The fourth-order valence-corrected chi connectivity index (χ4v) is 2.92. The maximum absolute atomic E-state index is 11.9. The Bertz CT molecular complexity index is 559. The van der Waals surface area contributed by atoms with Crippen LogP contribution in [-0.4, -0.2) is 23.4 Å². The lowest BCUT2D eigenvalue weighted by Crippen LogP contribution is -2.29. The number of carbonyl (C=O) groups is 1. The lowest BCUT2D eigenvalue weighted by molar-refractivity contribution is 0.103. The number of nitrogens with one attached hydrogen (secondary N) is 1. The zero-order chi connectivity index (χ0) is 13.8. The van der Waals surface area contributed by atoms with Crippen molar-refractivity contribution in [2.45, 2.75) is 19.3 Å². The van der Waals surface area contributed by atoms with Crippen molar-refractivity contribution in [2.24, 2.45) is 0 Å². The number of piperidine rings is 1. The van der Waals surface area contributed by atoms with Crippen molar-refractivity contribution in [1.29, 1.82) is 0 Å². The largest absolute Gasteiger partial charge is 0.372 e. The van der Waals surface area contributed by atoms with Gasteiger partial charge in [-0.2, -0.15) is 0 Å². The van der Waals surface area contributed by atoms with Gasteiger partial charge in [0.25, 0.3) is 5.91 Å². The predicted molar refractivity (Wildman–Crippen MR) is 82.6 cm³/mol. The number of nitrogens with zero attached hydrogens (tertiary/aromatic N) is 2. The summed E-state index contributed by atoms with van der Waals surface area (Å²) in [5.41, 5.74) is 2.06. The molecule has 0 atom stereocenters. The van der Waals surface area contributed by atoms with Gasteiger partial charge in [-0.15, -0.1) is 0 Å². The molecule has 0 spiro atoms. The molecule has 1 saturated heterocycles. The molecule has 1 N–H and O–H groups in total. The van der Waals surface area contributed by atoms with Crippen LogP contribution in [0.2, 0.25) is 0 Å². The summed E-state index contributed by atoms with van der Waals surface area (Å²) in [5, 5.41) is 2.89. The summed E-state index contributed by atoms with van der Waals surface area (Å²) in [6, 6.07) is 9.80. The van der Waals surface area contributed by atoms with E-state index in [0.29, 0.717) is 4.88 Å². The van der Waals surface area contributed by atoms with Gasteiger partial charge < -0.3 is 10.2 Å². The molecular weight excluding hydrogens is 270 g/mol. The smallest absolute Gasteiger partial charge is 0.267 e. The van der Waals surface area contributed by atoms with Crippen LogP contribution in [0, 0.1) is 0 Å². The maximum Gasteiger partial charge on any atom is 0.267 e. The molecule has 0 bridgehead atoms. The van der Waals surface area contributed by atoms with Crippen LogP contribution in [0.1, 0.15) is 28.9 Å². The summed E-state index contributed by atoms with van der Waals surface area (Å²) in [6.45, 7) is 2.26. The minimum absolute atomic E-state index is 0.0989. The van der Waals surface area contributed by atoms with E-state index in [0.717, 1.165) is 18.8 Å². The van der Waals surface area contributed by atoms with E-state index in [1.807, 2.05) is 12.1 Å². The van der Waals surface area contributed by atoms with Crippen LogP contribution in [0.25, 0.3) is 0 Å². The first-order valence-corrected chi connectivity index (χ1v) is 7.67. The van der Waals surface area contributed by atoms with Crippen LogP contribution in [0.4, 0.5) is 11.4 Å². The molecule has 1 fully saturated rings. The Balaban J connectivity index is 1.65. The standard InChI is InChI=1S/C15H17N3OS/c19-15(14-8-9-16-20-14)17-12-4-6-13(7-5-12)18-10-2-1-3-11-18/h4-9H,1-3,10-11H2,(H,17,19). The Morgan fingerprint density at radius 1 is 1.10 bits per heavy atom. The third kappa shape index (κ3) is 2.99. The summed E-state index contributed by atoms with van der Waals surface area (Å²) in [6.07, 6.45) is 5.51. The van der Waals surface area contributed by atoms with Gasteiger partial charge in [0, 0.05) is 30.7 Å². The highest BCUT2D eigenvalue weighted by Gasteiger charge is 2.11. The zero-order valence-electron chi connectivity index (χ0n) is 11.2. The third-order valence-corrected chi connectivity index (χ3v) is 4.25. The maximum atomic E-state index is 11.9. The van der Waals surface area contributed by atoms with E-state index in [4.69, 9.17) is 0 Å². The van der Waals surface area contributed by atoms with Gasteiger partial charge >= 0.3 is 0 Å². The van der Waals surface area contributed by atoms with Crippen LogP contribution in [-0.2, 0) is 0 Å². The average molecular weight is 287 g/mol. The lowest BCUT2D eigenvalue weighted by Gasteiger charge is -2.28. The van der Waals surface area contributed by atoms with Gasteiger partial charge in [-0.3, -0.25) is 4.79 Å². The molecule has 5 heteroatoms. The highest BCUT2D eigenvalue weighted by atomic mass is 32.1. The van der Waals surface area contributed by atoms with Gasteiger partial charge in [0.15, 0.2) is 0 Å². The van der Waals surface area contributed by atoms with Crippen LogP contribution in [0.5, 0.6) is 0 Å². The minimum Gasteiger partial charge on any atom is -0.372 e. The lowest BCUT2D eigenvalue weighted by atomic mass is 10.1. The minimum atomic E-state index is -0.0989. The quantitative estimate of drug-likeness (QED) is 0.941. The molecule has 104 valence electrons.